The molecule has 0 radical (unpaired) electrons. The number of ether oxygens (including phenoxy) is 1. The third-order valence-corrected chi connectivity index (χ3v) is 7.48. The molecule has 0 saturated heterocycles. The largest absolute Gasteiger partial charge is 0.492 e. The van der Waals surface area contributed by atoms with Crippen molar-refractivity contribution >= 4 is 29.3 Å². The van der Waals surface area contributed by atoms with Gasteiger partial charge in [-0.15, -0.1) is 0 Å². The Labute approximate surface area is 260 Å². The van der Waals surface area contributed by atoms with Gasteiger partial charge in [-0.1, -0.05) is 61.3 Å². The van der Waals surface area contributed by atoms with E-state index in [4.69, 9.17) is 21.4 Å². The van der Waals surface area contributed by atoms with E-state index < -0.39 is 11.5 Å². The van der Waals surface area contributed by atoms with Gasteiger partial charge < -0.3 is 10.1 Å². The number of halogens is 1. The van der Waals surface area contributed by atoms with Gasteiger partial charge in [0.1, 0.15) is 28.8 Å². The third-order valence-electron chi connectivity index (χ3n) is 7.18. The van der Waals surface area contributed by atoms with Crippen LogP contribution in [0.4, 0.5) is 5.69 Å². The normalized spacial score (nSPS) is 11.3. The third kappa shape index (κ3) is 6.21. The lowest BCUT2D eigenvalue weighted by atomic mass is 10.1. The predicted molar refractivity (Wildman–Crippen MR) is 172 cm³/mol. The number of carbonyl (C=O) groups is 1. The number of carbonyl (C=O) groups excluding carboxylic acids is 1. The standard InChI is InChI=1S/C34H31ClN6O3/c1-4-5-18-44-30-17-16-24(20-29(30)35)32-26(22-40(38-32)27-12-8-6-9-13-27)19-25(21-36)33(42)37-31-23(2)39(3)41(34(31)43)28-14-10-7-11-15-28/h6-17,19-20,22H,4-5,18H2,1-3H3,(H,37,42)/b25-19-. The topological polar surface area (TPSA) is 107 Å². The van der Waals surface area contributed by atoms with Crippen LogP contribution in [0.5, 0.6) is 5.75 Å². The number of nitrogens with one attached hydrogen (secondary N) is 1. The minimum atomic E-state index is -0.713. The van der Waals surface area contributed by atoms with Gasteiger partial charge >= 0.3 is 0 Å². The summed E-state index contributed by atoms with van der Waals surface area (Å²) in [5.41, 5.74) is 3.18. The maximum atomic E-state index is 13.4. The van der Waals surface area contributed by atoms with Crippen LogP contribution in [0.25, 0.3) is 28.7 Å². The zero-order chi connectivity index (χ0) is 31.2. The first-order valence-corrected chi connectivity index (χ1v) is 14.5. The Balaban J connectivity index is 1.52. The van der Waals surface area contributed by atoms with Crippen LogP contribution in [0.1, 0.15) is 31.0 Å². The molecule has 222 valence electrons. The van der Waals surface area contributed by atoms with E-state index in [9.17, 15) is 14.9 Å². The Hall–Kier alpha value is -5.33. The van der Waals surface area contributed by atoms with Gasteiger partial charge in [0.2, 0.25) is 0 Å². The van der Waals surface area contributed by atoms with Crippen molar-refractivity contribution in [2.24, 2.45) is 7.05 Å². The van der Waals surface area contributed by atoms with Crippen molar-refractivity contribution in [3.63, 3.8) is 0 Å². The molecular formula is C34H31ClN6O3. The Morgan fingerprint density at radius 2 is 1.75 bits per heavy atom. The molecule has 3 aromatic carbocycles. The van der Waals surface area contributed by atoms with Crippen molar-refractivity contribution < 1.29 is 9.53 Å². The summed E-state index contributed by atoms with van der Waals surface area (Å²) in [5, 5.41) is 17.9. The number of aromatic nitrogens is 4. The molecule has 1 N–H and O–H groups in total. The number of hydrogen-bond acceptors (Lipinski definition) is 5. The van der Waals surface area contributed by atoms with Crippen LogP contribution in [0, 0.1) is 18.3 Å². The highest BCUT2D eigenvalue weighted by Gasteiger charge is 2.21. The van der Waals surface area contributed by atoms with E-state index in [-0.39, 0.29) is 11.3 Å². The quantitative estimate of drug-likeness (QED) is 0.108. The van der Waals surface area contributed by atoms with Crippen molar-refractivity contribution in [3.05, 3.63) is 117 Å². The number of anilines is 1. The number of benzene rings is 3. The van der Waals surface area contributed by atoms with Gasteiger partial charge in [-0.05, 0) is 61.9 Å². The summed E-state index contributed by atoms with van der Waals surface area (Å²) in [6.07, 6.45) is 5.12. The number of unbranched alkanes of at least 4 members (excludes halogenated alkanes) is 1. The van der Waals surface area contributed by atoms with Crippen molar-refractivity contribution in [3.8, 4) is 34.5 Å². The van der Waals surface area contributed by atoms with Crippen LogP contribution in [0.15, 0.2) is 95.4 Å². The Morgan fingerprint density at radius 1 is 1.07 bits per heavy atom. The molecule has 0 fully saturated rings. The molecule has 2 aromatic heterocycles. The molecule has 9 nitrogen and oxygen atoms in total. The maximum Gasteiger partial charge on any atom is 0.295 e. The van der Waals surface area contributed by atoms with Crippen LogP contribution in [-0.4, -0.2) is 31.7 Å². The second kappa shape index (κ2) is 13.3. The molecular weight excluding hydrogens is 576 g/mol. The molecule has 44 heavy (non-hydrogen) atoms. The summed E-state index contributed by atoms with van der Waals surface area (Å²) in [6, 6.07) is 26.0. The van der Waals surface area contributed by atoms with Crippen LogP contribution >= 0.6 is 11.6 Å². The van der Waals surface area contributed by atoms with Crippen molar-refractivity contribution in [2.45, 2.75) is 26.7 Å². The molecule has 10 heteroatoms. The van der Waals surface area contributed by atoms with Crippen LogP contribution in [0.2, 0.25) is 5.02 Å². The van der Waals surface area contributed by atoms with E-state index in [2.05, 4.69) is 12.2 Å². The SMILES string of the molecule is CCCCOc1ccc(-c2nn(-c3ccccc3)cc2/C=C(/C#N)C(=O)Nc2c(C)n(C)n(-c3ccccc3)c2=O)cc1Cl. The summed E-state index contributed by atoms with van der Waals surface area (Å²) in [7, 11) is 1.73. The Bertz CT molecular complexity index is 1930. The van der Waals surface area contributed by atoms with Crippen molar-refractivity contribution in [1.82, 2.24) is 19.1 Å². The summed E-state index contributed by atoms with van der Waals surface area (Å²) in [4.78, 5) is 26.8. The fraction of sp³-hybridized carbons (Fsp3) is 0.176. The van der Waals surface area contributed by atoms with Crippen molar-refractivity contribution in [1.29, 1.82) is 5.26 Å². The number of para-hydroxylation sites is 2. The van der Waals surface area contributed by atoms with Gasteiger partial charge in [0.05, 0.1) is 28.7 Å². The number of rotatable bonds is 10. The lowest BCUT2D eigenvalue weighted by Crippen LogP contribution is -2.23. The molecule has 0 aliphatic heterocycles. The van der Waals surface area contributed by atoms with E-state index in [1.54, 1.807) is 53.8 Å². The zero-order valence-corrected chi connectivity index (χ0v) is 25.4. The molecule has 0 aliphatic carbocycles. The highest BCUT2D eigenvalue weighted by Crippen LogP contribution is 2.33. The van der Waals surface area contributed by atoms with Gasteiger partial charge in [0, 0.05) is 24.4 Å². The van der Waals surface area contributed by atoms with Crippen molar-refractivity contribution in [2.75, 3.05) is 11.9 Å². The smallest absolute Gasteiger partial charge is 0.295 e. The molecule has 0 atom stereocenters. The second-order valence-electron chi connectivity index (χ2n) is 10.1. The molecule has 0 saturated carbocycles. The van der Waals surface area contributed by atoms with E-state index in [0.29, 0.717) is 45.6 Å². The van der Waals surface area contributed by atoms with E-state index in [1.165, 1.54) is 10.8 Å². The number of nitrogens with zero attached hydrogens (tertiary/aromatic N) is 5. The fourth-order valence-corrected chi connectivity index (χ4v) is 4.95. The maximum absolute atomic E-state index is 13.4. The number of nitriles is 1. The first-order valence-electron chi connectivity index (χ1n) is 14.2. The minimum Gasteiger partial charge on any atom is -0.492 e. The van der Waals surface area contributed by atoms with E-state index in [1.807, 2.05) is 60.7 Å². The van der Waals surface area contributed by atoms with Crippen LogP contribution < -0.4 is 15.6 Å². The van der Waals surface area contributed by atoms with Gasteiger partial charge in [-0.3, -0.25) is 14.3 Å². The minimum absolute atomic E-state index is 0.0909. The lowest BCUT2D eigenvalue weighted by molar-refractivity contribution is -0.112. The number of amides is 1. The predicted octanol–water partition coefficient (Wildman–Crippen LogP) is 6.72. The summed E-state index contributed by atoms with van der Waals surface area (Å²) >= 11 is 6.57. The first-order chi connectivity index (χ1) is 21.3. The highest BCUT2D eigenvalue weighted by molar-refractivity contribution is 6.32. The molecule has 0 bridgehead atoms. The summed E-state index contributed by atoms with van der Waals surface area (Å²) < 4.78 is 10.6. The van der Waals surface area contributed by atoms with Gasteiger partial charge in [-0.25, -0.2) is 9.36 Å². The first kappa shape index (κ1) is 30.1. The average Bonchev–Trinajstić information content (AvgIpc) is 3.55. The highest BCUT2D eigenvalue weighted by atomic mass is 35.5. The van der Waals surface area contributed by atoms with E-state index in [0.717, 1.165) is 18.5 Å². The molecule has 0 unspecified atom stereocenters. The van der Waals surface area contributed by atoms with Crippen LogP contribution in [-0.2, 0) is 11.8 Å². The summed E-state index contributed by atoms with van der Waals surface area (Å²) in [6.45, 7) is 4.38. The Kier molecular flexibility index (Phi) is 9.12. The molecule has 0 aliphatic rings. The van der Waals surface area contributed by atoms with Crippen LogP contribution in [0.3, 0.4) is 0 Å². The van der Waals surface area contributed by atoms with Gasteiger partial charge in [-0.2, -0.15) is 10.4 Å². The number of hydrogen-bond donors (Lipinski definition) is 1. The summed E-state index contributed by atoms with van der Waals surface area (Å²) in [5.74, 6) is -0.144. The monoisotopic (exact) mass is 606 g/mol. The lowest BCUT2D eigenvalue weighted by Gasteiger charge is -2.09. The zero-order valence-electron chi connectivity index (χ0n) is 24.6. The molecule has 5 aromatic rings. The second-order valence-corrected chi connectivity index (χ2v) is 10.5. The Morgan fingerprint density at radius 3 is 2.39 bits per heavy atom. The van der Waals surface area contributed by atoms with Gasteiger partial charge in [0.15, 0.2) is 0 Å². The average molecular weight is 607 g/mol. The molecule has 2 heterocycles. The molecule has 0 spiro atoms. The molecule has 1 amide bonds. The fourth-order valence-electron chi connectivity index (χ4n) is 4.72. The molecule has 5 rings (SSSR count). The van der Waals surface area contributed by atoms with E-state index >= 15 is 0 Å². The van der Waals surface area contributed by atoms with Gasteiger partial charge in [0.25, 0.3) is 11.5 Å².